The first-order valence-electron chi connectivity index (χ1n) is 7.61. The van der Waals surface area contributed by atoms with Crippen LogP contribution in [-0.2, 0) is 17.4 Å². The van der Waals surface area contributed by atoms with Crippen LogP contribution in [0.5, 0.6) is 0 Å². The summed E-state index contributed by atoms with van der Waals surface area (Å²) in [5, 5.41) is 0. The molecule has 0 N–H and O–H groups in total. The van der Waals surface area contributed by atoms with Gasteiger partial charge in [-0.15, -0.1) is 0 Å². The number of rotatable bonds is 2. The largest absolute Gasteiger partial charge is 2.00 e. The van der Waals surface area contributed by atoms with Crippen molar-refractivity contribution in [2.45, 2.75) is 79.1 Å². The van der Waals surface area contributed by atoms with Crippen LogP contribution in [0.15, 0.2) is 0 Å². The van der Waals surface area contributed by atoms with Gasteiger partial charge in [-0.2, -0.15) is 0 Å². The van der Waals surface area contributed by atoms with E-state index in [0.29, 0.717) is 0 Å². The van der Waals surface area contributed by atoms with Gasteiger partial charge in [0.15, 0.2) is 0 Å². The summed E-state index contributed by atoms with van der Waals surface area (Å²) in [5.41, 5.74) is 0. The van der Waals surface area contributed by atoms with Crippen LogP contribution >= 0.6 is 0 Å². The van der Waals surface area contributed by atoms with E-state index in [4.69, 9.17) is 0 Å². The van der Waals surface area contributed by atoms with E-state index in [2.05, 4.69) is 27.7 Å². The monoisotopic (exact) mass is 306 g/mol. The molecule has 2 fully saturated rings. The van der Waals surface area contributed by atoms with Crippen molar-refractivity contribution in [1.29, 1.82) is 0 Å². The summed E-state index contributed by atoms with van der Waals surface area (Å²) in [6, 6.07) is 0. The maximum absolute atomic E-state index is 2.34. The molecule has 2 saturated carbocycles. The Morgan fingerprint density at radius 2 is 0.789 bits per heavy atom. The van der Waals surface area contributed by atoms with Gasteiger partial charge in [0.2, 0.25) is 0 Å². The molecule has 2 rings (SSSR count). The minimum absolute atomic E-state index is 0. The van der Waals surface area contributed by atoms with E-state index in [1.54, 1.807) is 0 Å². The molecule has 0 spiro atoms. The maximum atomic E-state index is 2.34. The molecule has 19 heavy (non-hydrogen) atoms. The molecule has 0 unspecified atom stereocenters. The van der Waals surface area contributed by atoms with Crippen molar-refractivity contribution in [2.75, 3.05) is 0 Å². The van der Waals surface area contributed by atoms with Crippen molar-refractivity contribution in [3.8, 4) is 0 Å². The molecule has 0 atom stereocenters. The van der Waals surface area contributed by atoms with Crippen LogP contribution < -0.4 is 0 Å². The van der Waals surface area contributed by atoms with Crippen LogP contribution in [0.1, 0.15) is 79.1 Å². The van der Waals surface area contributed by atoms with Gasteiger partial charge in [-0.1, -0.05) is 79.1 Å². The van der Waals surface area contributed by atoms with E-state index < -0.39 is 0 Å². The van der Waals surface area contributed by atoms with Crippen LogP contribution in [0, 0.1) is 38.5 Å². The Balaban J connectivity index is -0.000000233. The van der Waals surface area contributed by atoms with Gasteiger partial charge in [-0.05, 0) is 23.7 Å². The second-order valence-corrected chi connectivity index (χ2v) is 6.58. The average Bonchev–Trinajstić information content (AvgIpc) is 2.93. The van der Waals surface area contributed by atoms with Crippen LogP contribution in [-0.4, -0.2) is 0 Å². The van der Waals surface area contributed by atoms with Crippen molar-refractivity contribution in [3.63, 3.8) is 0 Å². The van der Waals surface area contributed by atoms with Gasteiger partial charge >= 0.3 is 17.4 Å². The van der Waals surface area contributed by atoms with Crippen molar-refractivity contribution in [3.05, 3.63) is 14.9 Å². The number of hydrogen-bond donors (Lipinski definition) is 0. The summed E-state index contributed by atoms with van der Waals surface area (Å²) in [5.74, 6) is 4.01. The van der Waals surface area contributed by atoms with E-state index in [9.17, 15) is 0 Å². The summed E-state index contributed by atoms with van der Waals surface area (Å²) in [4.78, 5) is 0. The predicted molar refractivity (Wildman–Crippen MR) is 86.4 cm³/mol. The Morgan fingerprint density at radius 3 is 0.895 bits per heavy atom. The minimum Gasteiger partial charge on any atom is -0.358 e. The molecular weight excluding hydrogens is 268 g/mol. The zero-order valence-corrected chi connectivity index (χ0v) is 15.6. The Labute approximate surface area is 135 Å². The molecule has 116 valence electrons. The molecule has 0 aromatic heterocycles. The third-order valence-electron chi connectivity index (χ3n) is 4.69. The second kappa shape index (κ2) is 13.5. The van der Waals surface area contributed by atoms with Crippen LogP contribution in [0.25, 0.3) is 0 Å². The van der Waals surface area contributed by atoms with Gasteiger partial charge in [0.25, 0.3) is 0 Å². The van der Waals surface area contributed by atoms with Crippen LogP contribution in [0.2, 0.25) is 0 Å². The van der Waals surface area contributed by atoms with Gasteiger partial charge in [0, 0.05) is 0 Å². The molecule has 2 aliphatic carbocycles. The molecule has 0 bridgehead atoms. The topological polar surface area (TPSA) is 0 Å². The Kier molecular flexibility index (Phi) is 17.5. The fourth-order valence-corrected chi connectivity index (χ4v) is 3.25. The molecule has 0 heterocycles. The molecule has 0 aliphatic heterocycles. The van der Waals surface area contributed by atoms with Crippen LogP contribution in [0.3, 0.4) is 0 Å². The van der Waals surface area contributed by atoms with E-state index in [1.807, 2.05) is 0 Å². The van der Waals surface area contributed by atoms with E-state index in [-0.39, 0.29) is 32.2 Å². The van der Waals surface area contributed by atoms with E-state index in [1.165, 1.54) is 51.4 Å². The van der Waals surface area contributed by atoms with Crippen molar-refractivity contribution in [2.24, 2.45) is 23.7 Å². The predicted octanol–water partition coefficient (Wildman–Crippen LogP) is 6.56. The van der Waals surface area contributed by atoms with Crippen molar-refractivity contribution >= 4 is 0 Å². The van der Waals surface area contributed by atoms with E-state index >= 15 is 0 Å². The standard InChI is InChI=1S/2C8H16.2CH3.Cr/c2*1-7(2)8-5-3-4-6-8;;;/h2*7-8H,3-6H2,1-2H3;2*1H3;/q;;2*-1;+2. The zero-order valence-electron chi connectivity index (χ0n) is 14.4. The second-order valence-electron chi connectivity index (χ2n) is 6.58. The number of hydrogen-bond acceptors (Lipinski definition) is 0. The normalized spacial score (nSPS) is 19.3. The van der Waals surface area contributed by atoms with Crippen molar-refractivity contribution in [1.82, 2.24) is 0 Å². The van der Waals surface area contributed by atoms with Gasteiger partial charge in [0.1, 0.15) is 0 Å². The fraction of sp³-hybridized carbons (Fsp3) is 0.889. The zero-order chi connectivity index (χ0) is 12.0. The van der Waals surface area contributed by atoms with Gasteiger partial charge in [0.05, 0.1) is 0 Å². The quantitative estimate of drug-likeness (QED) is 0.506. The minimum atomic E-state index is 0. The van der Waals surface area contributed by atoms with Gasteiger partial charge in [-0.25, -0.2) is 0 Å². The maximum Gasteiger partial charge on any atom is 2.00 e. The van der Waals surface area contributed by atoms with Gasteiger partial charge in [-0.3, -0.25) is 0 Å². The molecule has 0 amide bonds. The molecule has 0 aromatic carbocycles. The summed E-state index contributed by atoms with van der Waals surface area (Å²) >= 11 is 0. The molecular formula is C18H38Cr. The summed E-state index contributed by atoms with van der Waals surface area (Å²) in [7, 11) is 0. The smallest absolute Gasteiger partial charge is 0.358 e. The Bertz CT molecular complexity index is 143. The third kappa shape index (κ3) is 9.98. The molecule has 0 aromatic rings. The Morgan fingerprint density at radius 1 is 0.579 bits per heavy atom. The summed E-state index contributed by atoms with van der Waals surface area (Å²) in [6.07, 6.45) is 11.9. The SMILES string of the molecule is CC(C)C1CCCC1.CC(C)C1CCCC1.[CH3-].[CH3-].[Cr+2]. The first kappa shape index (κ1) is 24.5. The Hall–Kier alpha value is 0.532. The first-order chi connectivity index (χ1) is 7.61. The summed E-state index contributed by atoms with van der Waals surface area (Å²) in [6.45, 7) is 9.37. The first-order valence-corrected chi connectivity index (χ1v) is 7.61. The fourth-order valence-electron chi connectivity index (χ4n) is 3.25. The van der Waals surface area contributed by atoms with Gasteiger partial charge < -0.3 is 14.9 Å². The third-order valence-corrected chi connectivity index (χ3v) is 4.69. The molecule has 2 aliphatic rings. The molecule has 1 heteroatoms. The summed E-state index contributed by atoms with van der Waals surface area (Å²) < 4.78 is 0. The molecule has 0 radical (unpaired) electrons. The molecule has 0 saturated heterocycles. The van der Waals surface area contributed by atoms with Crippen molar-refractivity contribution < 1.29 is 17.4 Å². The molecule has 0 nitrogen and oxygen atoms in total. The van der Waals surface area contributed by atoms with E-state index in [0.717, 1.165) is 23.7 Å². The average molecular weight is 306 g/mol. The van der Waals surface area contributed by atoms with Crippen LogP contribution in [0.4, 0.5) is 0 Å².